The number of hydrogen-bond acceptors (Lipinski definition) is 9. The summed E-state index contributed by atoms with van der Waals surface area (Å²) in [5.41, 5.74) is 0.0855. The van der Waals surface area contributed by atoms with Crippen LogP contribution >= 0.6 is 0 Å². The Morgan fingerprint density at radius 1 is 0.900 bits per heavy atom. The summed E-state index contributed by atoms with van der Waals surface area (Å²) in [6.07, 6.45) is -6.63. The molecular formula is C21H20O9. The van der Waals surface area contributed by atoms with E-state index in [4.69, 9.17) is 13.9 Å². The molecule has 1 aliphatic rings. The number of ether oxygens (including phenoxy) is 2. The van der Waals surface area contributed by atoms with E-state index in [0.717, 1.165) is 6.07 Å². The molecule has 0 spiro atoms. The van der Waals surface area contributed by atoms with Crippen LogP contribution in [-0.4, -0.2) is 56.2 Å². The van der Waals surface area contributed by atoms with Crippen LogP contribution in [0.2, 0.25) is 0 Å². The highest BCUT2D eigenvalue weighted by Gasteiger charge is 2.43. The van der Waals surface area contributed by atoms with Crippen molar-refractivity contribution in [1.29, 1.82) is 0 Å². The molecule has 9 heteroatoms. The maximum absolute atomic E-state index is 12.8. The molecule has 0 amide bonds. The highest BCUT2D eigenvalue weighted by Crippen LogP contribution is 2.34. The molecule has 3 aromatic rings. The van der Waals surface area contributed by atoms with Crippen LogP contribution < -0.4 is 10.2 Å². The minimum Gasteiger partial charge on any atom is -0.508 e. The number of aromatic hydroxyl groups is 2. The Morgan fingerprint density at radius 2 is 1.60 bits per heavy atom. The molecule has 0 radical (unpaired) electrons. The van der Waals surface area contributed by atoms with Crippen molar-refractivity contribution in [1.82, 2.24) is 0 Å². The van der Waals surface area contributed by atoms with Crippen LogP contribution in [0.1, 0.15) is 6.92 Å². The average molecular weight is 416 g/mol. The number of fused-ring (bicyclic) bond motifs is 1. The molecule has 5 atom stereocenters. The first-order valence-corrected chi connectivity index (χ1v) is 9.21. The fourth-order valence-corrected chi connectivity index (χ4v) is 3.34. The number of phenolic OH excluding ortho intramolecular Hbond substituents is 2. The quantitative estimate of drug-likeness (QED) is 0.423. The molecule has 158 valence electrons. The third-order valence-electron chi connectivity index (χ3n) is 4.98. The minimum atomic E-state index is -1.59. The monoisotopic (exact) mass is 416 g/mol. The third kappa shape index (κ3) is 3.59. The molecule has 0 aliphatic carbocycles. The number of aliphatic hydroxyl groups excluding tert-OH is 3. The average Bonchev–Trinajstić information content (AvgIpc) is 2.70. The van der Waals surface area contributed by atoms with Crippen molar-refractivity contribution in [3.05, 3.63) is 52.7 Å². The summed E-state index contributed by atoms with van der Waals surface area (Å²) < 4.78 is 16.7. The summed E-state index contributed by atoms with van der Waals surface area (Å²) in [6, 6.07) is 9.67. The molecule has 2 aromatic carbocycles. The Morgan fingerprint density at radius 3 is 2.30 bits per heavy atom. The lowest BCUT2D eigenvalue weighted by molar-refractivity contribution is -0.267. The number of benzene rings is 2. The van der Waals surface area contributed by atoms with Gasteiger partial charge in [0.25, 0.3) is 0 Å². The highest BCUT2D eigenvalue weighted by atomic mass is 16.7. The van der Waals surface area contributed by atoms with Gasteiger partial charge in [-0.1, -0.05) is 0 Å². The second-order valence-corrected chi connectivity index (χ2v) is 7.14. The first-order valence-electron chi connectivity index (χ1n) is 9.21. The van der Waals surface area contributed by atoms with Crippen molar-refractivity contribution in [3.8, 4) is 28.6 Å². The molecule has 2 heterocycles. The van der Waals surface area contributed by atoms with Crippen LogP contribution in [0, 0.1) is 0 Å². The summed E-state index contributed by atoms with van der Waals surface area (Å²) in [5, 5.41) is 49.4. The fourth-order valence-electron chi connectivity index (χ4n) is 3.34. The first-order chi connectivity index (χ1) is 14.2. The zero-order valence-corrected chi connectivity index (χ0v) is 15.8. The molecule has 1 aliphatic heterocycles. The number of phenols is 2. The van der Waals surface area contributed by atoms with Gasteiger partial charge in [0.05, 0.1) is 6.10 Å². The van der Waals surface area contributed by atoms with E-state index in [1.54, 1.807) is 12.1 Å². The van der Waals surface area contributed by atoms with Crippen molar-refractivity contribution in [2.24, 2.45) is 0 Å². The Balaban J connectivity index is 1.76. The highest BCUT2D eigenvalue weighted by molar-refractivity contribution is 5.86. The van der Waals surface area contributed by atoms with Gasteiger partial charge >= 0.3 is 0 Å². The van der Waals surface area contributed by atoms with Crippen LogP contribution in [0.25, 0.3) is 22.3 Å². The van der Waals surface area contributed by atoms with Crippen LogP contribution in [0.5, 0.6) is 17.2 Å². The molecule has 1 saturated heterocycles. The number of aliphatic hydroxyl groups is 3. The van der Waals surface area contributed by atoms with Gasteiger partial charge in [0.1, 0.15) is 52.3 Å². The minimum absolute atomic E-state index is 0.000562. The van der Waals surface area contributed by atoms with E-state index in [2.05, 4.69) is 0 Å². The summed E-state index contributed by atoms with van der Waals surface area (Å²) in [6.45, 7) is 1.50. The van der Waals surface area contributed by atoms with Crippen molar-refractivity contribution in [3.63, 3.8) is 0 Å². The largest absolute Gasteiger partial charge is 0.508 e. The predicted molar refractivity (Wildman–Crippen MR) is 104 cm³/mol. The smallest absolute Gasteiger partial charge is 0.229 e. The molecule has 30 heavy (non-hydrogen) atoms. The first kappa shape index (κ1) is 20.2. The topological polar surface area (TPSA) is 150 Å². The van der Waals surface area contributed by atoms with E-state index in [1.165, 1.54) is 31.2 Å². The molecule has 4 rings (SSSR count). The summed E-state index contributed by atoms with van der Waals surface area (Å²) in [4.78, 5) is 12.8. The standard InChI is InChI=1S/C21H20O9/c1-9-18(25)19(26)20(27)21(28-9)30-16-7-12(23)6-15-17(16)13(24)8-14(29-15)10-2-4-11(22)5-3-10/h2-9,18-23,25-27H,1H3. The lowest BCUT2D eigenvalue weighted by Crippen LogP contribution is -2.58. The van der Waals surface area contributed by atoms with Gasteiger partial charge in [-0.15, -0.1) is 0 Å². The lowest BCUT2D eigenvalue weighted by atomic mass is 10.00. The molecular weight excluding hydrogens is 396 g/mol. The van der Waals surface area contributed by atoms with Gasteiger partial charge in [-0.2, -0.15) is 0 Å². The van der Waals surface area contributed by atoms with E-state index in [-0.39, 0.29) is 34.0 Å². The van der Waals surface area contributed by atoms with Gasteiger partial charge in [0, 0.05) is 23.8 Å². The van der Waals surface area contributed by atoms with Gasteiger partial charge in [-0.25, -0.2) is 0 Å². The molecule has 5 N–H and O–H groups in total. The number of rotatable bonds is 3. The molecule has 5 unspecified atom stereocenters. The Bertz CT molecular complexity index is 1120. The second kappa shape index (κ2) is 7.62. The molecule has 0 saturated carbocycles. The van der Waals surface area contributed by atoms with Gasteiger partial charge in [0.15, 0.2) is 5.43 Å². The van der Waals surface area contributed by atoms with Crippen LogP contribution in [0.15, 0.2) is 51.7 Å². The van der Waals surface area contributed by atoms with E-state index < -0.39 is 36.1 Å². The zero-order chi connectivity index (χ0) is 21.6. The Labute approximate surface area is 170 Å². The number of hydrogen-bond donors (Lipinski definition) is 5. The van der Waals surface area contributed by atoms with Crippen molar-refractivity contribution < 1.29 is 39.4 Å². The second-order valence-electron chi connectivity index (χ2n) is 7.14. The zero-order valence-electron chi connectivity index (χ0n) is 15.8. The van der Waals surface area contributed by atoms with E-state index in [1.807, 2.05) is 0 Å². The van der Waals surface area contributed by atoms with Gasteiger partial charge < -0.3 is 39.4 Å². The van der Waals surface area contributed by atoms with Gasteiger partial charge in [-0.3, -0.25) is 4.79 Å². The third-order valence-corrected chi connectivity index (χ3v) is 4.98. The summed E-state index contributed by atoms with van der Waals surface area (Å²) >= 11 is 0. The summed E-state index contributed by atoms with van der Waals surface area (Å²) in [5.74, 6) is -0.105. The fraction of sp³-hybridized carbons (Fsp3) is 0.286. The predicted octanol–water partition coefficient (Wildman–Crippen LogP) is 1.08. The van der Waals surface area contributed by atoms with Gasteiger partial charge in [0.2, 0.25) is 6.29 Å². The van der Waals surface area contributed by atoms with E-state index in [9.17, 15) is 30.3 Å². The van der Waals surface area contributed by atoms with Crippen molar-refractivity contribution in [2.45, 2.75) is 37.6 Å². The van der Waals surface area contributed by atoms with Crippen LogP contribution in [-0.2, 0) is 4.74 Å². The Hall–Kier alpha value is -3.11. The van der Waals surface area contributed by atoms with Crippen molar-refractivity contribution >= 4 is 11.0 Å². The normalized spacial score (nSPS) is 26.6. The molecule has 1 aromatic heterocycles. The maximum atomic E-state index is 12.8. The van der Waals surface area contributed by atoms with E-state index >= 15 is 0 Å². The van der Waals surface area contributed by atoms with E-state index in [0.29, 0.717) is 5.56 Å². The molecule has 9 nitrogen and oxygen atoms in total. The maximum Gasteiger partial charge on any atom is 0.229 e. The van der Waals surface area contributed by atoms with Gasteiger partial charge in [-0.05, 0) is 31.2 Å². The lowest BCUT2D eigenvalue weighted by Gasteiger charge is -2.38. The molecule has 0 bridgehead atoms. The van der Waals surface area contributed by atoms with Crippen molar-refractivity contribution in [2.75, 3.05) is 0 Å². The Kier molecular flexibility index (Phi) is 5.12. The van der Waals surface area contributed by atoms with Crippen LogP contribution in [0.3, 0.4) is 0 Å². The van der Waals surface area contributed by atoms with Crippen LogP contribution in [0.4, 0.5) is 0 Å². The molecule has 1 fully saturated rings. The SMILES string of the molecule is CC1OC(Oc2cc(O)cc3oc(-c4ccc(O)cc4)cc(=O)c23)C(O)C(O)C1O. The summed E-state index contributed by atoms with van der Waals surface area (Å²) in [7, 11) is 0.